The van der Waals surface area contributed by atoms with Crippen LogP contribution in [0.2, 0.25) is 0 Å². The summed E-state index contributed by atoms with van der Waals surface area (Å²) in [6.07, 6.45) is 1.40. The van der Waals surface area contributed by atoms with E-state index in [4.69, 9.17) is 9.47 Å². The summed E-state index contributed by atoms with van der Waals surface area (Å²) in [6, 6.07) is 7.55. The monoisotopic (exact) mass is 359 g/mol. The summed E-state index contributed by atoms with van der Waals surface area (Å²) in [4.78, 5) is 17.3. The number of methoxy groups -OCH3 is 1. The summed E-state index contributed by atoms with van der Waals surface area (Å²) in [5.41, 5.74) is 1.16. The number of benzene rings is 1. The van der Waals surface area contributed by atoms with Crippen molar-refractivity contribution >= 4 is 5.95 Å². The molecule has 0 spiro atoms. The van der Waals surface area contributed by atoms with Crippen LogP contribution in [-0.2, 0) is 11.2 Å². The second kappa shape index (κ2) is 9.30. The molecule has 0 unspecified atom stereocenters. The fraction of sp³-hybridized carbons (Fsp3) is 0.500. The number of morpholine rings is 1. The Morgan fingerprint density at radius 2 is 2.00 bits per heavy atom. The van der Waals surface area contributed by atoms with E-state index in [2.05, 4.69) is 25.4 Å². The van der Waals surface area contributed by atoms with Gasteiger partial charge in [-0.15, -0.1) is 10.2 Å². The van der Waals surface area contributed by atoms with Gasteiger partial charge in [-0.25, -0.2) is 0 Å². The molecule has 0 amide bonds. The smallest absolute Gasteiger partial charge is 0.274 e. The van der Waals surface area contributed by atoms with Gasteiger partial charge in [-0.3, -0.25) is 14.7 Å². The molecule has 0 saturated carbocycles. The van der Waals surface area contributed by atoms with Crippen LogP contribution in [-0.4, -0.2) is 66.6 Å². The Balaban J connectivity index is 1.47. The number of H-pyrrole nitrogens is 1. The molecule has 1 aliphatic rings. The minimum absolute atomic E-state index is 0.216. The average molecular weight is 359 g/mol. The van der Waals surface area contributed by atoms with Crippen molar-refractivity contribution in [3.05, 3.63) is 45.9 Å². The van der Waals surface area contributed by atoms with E-state index in [1.807, 2.05) is 24.3 Å². The van der Waals surface area contributed by atoms with Crippen molar-refractivity contribution in [1.29, 1.82) is 0 Å². The van der Waals surface area contributed by atoms with Crippen LogP contribution in [0.15, 0.2) is 29.1 Å². The van der Waals surface area contributed by atoms with Crippen LogP contribution < -0.4 is 15.6 Å². The third kappa shape index (κ3) is 5.27. The van der Waals surface area contributed by atoms with Crippen molar-refractivity contribution in [2.75, 3.05) is 51.8 Å². The molecule has 140 valence electrons. The van der Waals surface area contributed by atoms with Gasteiger partial charge in [0.2, 0.25) is 5.95 Å². The van der Waals surface area contributed by atoms with Crippen LogP contribution >= 0.6 is 0 Å². The predicted octanol–water partition coefficient (Wildman–Crippen LogP) is 0.899. The Hall–Kier alpha value is -2.45. The van der Waals surface area contributed by atoms with Crippen molar-refractivity contribution in [1.82, 2.24) is 20.1 Å². The number of hydrogen-bond donors (Lipinski definition) is 2. The van der Waals surface area contributed by atoms with Gasteiger partial charge in [0.05, 0.1) is 20.3 Å². The topological polar surface area (TPSA) is 92.4 Å². The second-order valence-corrected chi connectivity index (χ2v) is 6.21. The number of aromatic amines is 1. The maximum atomic E-state index is 12.2. The first-order valence-electron chi connectivity index (χ1n) is 8.87. The lowest BCUT2D eigenvalue weighted by Crippen LogP contribution is -2.37. The molecule has 26 heavy (non-hydrogen) atoms. The number of hydrogen-bond acceptors (Lipinski definition) is 7. The zero-order valence-electron chi connectivity index (χ0n) is 15.0. The molecule has 0 aliphatic carbocycles. The van der Waals surface area contributed by atoms with E-state index < -0.39 is 0 Å². The lowest BCUT2D eigenvalue weighted by Gasteiger charge is -2.26. The molecule has 3 rings (SSSR count). The molecule has 8 nitrogen and oxygen atoms in total. The van der Waals surface area contributed by atoms with Gasteiger partial charge in [0.25, 0.3) is 5.56 Å². The molecule has 2 aromatic rings. The summed E-state index contributed by atoms with van der Waals surface area (Å²) in [7, 11) is 1.62. The van der Waals surface area contributed by atoms with Crippen LogP contribution in [0.5, 0.6) is 5.75 Å². The van der Waals surface area contributed by atoms with Crippen molar-refractivity contribution in [3.63, 3.8) is 0 Å². The van der Waals surface area contributed by atoms with Gasteiger partial charge < -0.3 is 14.8 Å². The van der Waals surface area contributed by atoms with Crippen LogP contribution in [0.4, 0.5) is 5.95 Å². The zero-order valence-corrected chi connectivity index (χ0v) is 15.0. The molecule has 0 atom stereocenters. The number of nitrogens with zero attached hydrogens (tertiary/aromatic N) is 3. The largest absolute Gasteiger partial charge is 0.497 e. The van der Waals surface area contributed by atoms with Gasteiger partial charge in [-0.2, -0.15) is 0 Å². The third-order valence-electron chi connectivity index (χ3n) is 4.34. The van der Waals surface area contributed by atoms with Crippen LogP contribution in [0, 0.1) is 0 Å². The second-order valence-electron chi connectivity index (χ2n) is 6.21. The molecule has 2 N–H and O–H groups in total. The fourth-order valence-electron chi connectivity index (χ4n) is 2.83. The lowest BCUT2D eigenvalue weighted by atomic mass is 10.1. The van der Waals surface area contributed by atoms with E-state index in [1.54, 1.807) is 7.11 Å². The predicted molar refractivity (Wildman–Crippen MR) is 98.8 cm³/mol. The fourth-order valence-corrected chi connectivity index (χ4v) is 2.83. The van der Waals surface area contributed by atoms with Crippen LogP contribution in [0.3, 0.4) is 0 Å². The third-order valence-corrected chi connectivity index (χ3v) is 4.34. The summed E-state index contributed by atoms with van der Waals surface area (Å²) < 4.78 is 10.5. The van der Waals surface area contributed by atoms with Crippen LogP contribution in [0.1, 0.15) is 17.7 Å². The molecular weight excluding hydrogens is 334 g/mol. The molecule has 2 heterocycles. The van der Waals surface area contributed by atoms with Gasteiger partial charge in [-0.1, -0.05) is 12.1 Å². The SMILES string of the molecule is COc1ccc(Cc2nnc(NCCCN3CCOCC3)[nH]c2=O)cc1. The van der Waals surface area contributed by atoms with E-state index in [0.717, 1.165) is 57.1 Å². The van der Waals surface area contributed by atoms with Gasteiger partial charge >= 0.3 is 0 Å². The normalized spacial score (nSPS) is 15.0. The Morgan fingerprint density at radius 1 is 1.23 bits per heavy atom. The number of rotatable bonds is 8. The first-order chi connectivity index (χ1) is 12.7. The minimum atomic E-state index is -0.216. The minimum Gasteiger partial charge on any atom is -0.497 e. The van der Waals surface area contributed by atoms with E-state index in [0.29, 0.717) is 18.1 Å². The molecule has 1 aromatic heterocycles. The Bertz CT molecular complexity index is 741. The highest BCUT2D eigenvalue weighted by Gasteiger charge is 2.10. The van der Waals surface area contributed by atoms with Gasteiger partial charge in [0.1, 0.15) is 11.4 Å². The zero-order chi connectivity index (χ0) is 18.2. The Labute approximate surface area is 152 Å². The molecule has 8 heteroatoms. The summed E-state index contributed by atoms with van der Waals surface area (Å²) >= 11 is 0. The number of nitrogens with one attached hydrogen (secondary N) is 2. The standard InChI is InChI=1S/C18H25N5O3/c1-25-15-5-3-14(4-6-15)13-16-17(24)20-18(22-21-16)19-7-2-8-23-9-11-26-12-10-23/h3-6H,2,7-13H2,1H3,(H2,19,20,22,24). The van der Waals surface area contributed by atoms with Crippen molar-refractivity contribution < 1.29 is 9.47 Å². The quantitative estimate of drug-likeness (QED) is 0.677. The number of anilines is 1. The first-order valence-corrected chi connectivity index (χ1v) is 8.87. The number of ether oxygens (including phenoxy) is 2. The van der Waals surface area contributed by atoms with Gasteiger partial charge in [-0.05, 0) is 30.7 Å². The highest BCUT2D eigenvalue weighted by atomic mass is 16.5. The molecule has 0 radical (unpaired) electrons. The highest BCUT2D eigenvalue weighted by Crippen LogP contribution is 2.12. The van der Waals surface area contributed by atoms with Gasteiger partial charge in [0.15, 0.2) is 0 Å². The average Bonchev–Trinajstić information content (AvgIpc) is 2.68. The van der Waals surface area contributed by atoms with Crippen molar-refractivity contribution in [3.8, 4) is 5.75 Å². The summed E-state index contributed by atoms with van der Waals surface area (Å²) in [5, 5.41) is 11.3. The maximum absolute atomic E-state index is 12.2. The molecule has 1 saturated heterocycles. The molecule has 1 aliphatic heterocycles. The Kier molecular flexibility index (Phi) is 6.56. The molecule has 1 aromatic carbocycles. The summed E-state index contributed by atoms with van der Waals surface area (Å²) in [6.45, 7) is 5.32. The molecular formula is C18H25N5O3. The highest BCUT2D eigenvalue weighted by molar-refractivity contribution is 5.30. The maximum Gasteiger partial charge on any atom is 0.274 e. The van der Waals surface area contributed by atoms with E-state index in [1.165, 1.54) is 0 Å². The first kappa shape index (κ1) is 18.3. The van der Waals surface area contributed by atoms with Gasteiger partial charge in [0, 0.05) is 26.1 Å². The van der Waals surface area contributed by atoms with Crippen LogP contribution in [0.25, 0.3) is 0 Å². The molecule has 0 bridgehead atoms. The summed E-state index contributed by atoms with van der Waals surface area (Å²) in [5.74, 6) is 1.20. The van der Waals surface area contributed by atoms with Crippen molar-refractivity contribution in [2.24, 2.45) is 0 Å². The molecule has 1 fully saturated rings. The lowest BCUT2D eigenvalue weighted by molar-refractivity contribution is 0.0378. The van der Waals surface area contributed by atoms with E-state index >= 15 is 0 Å². The number of aromatic nitrogens is 3. The van der Waals surface area contributed by atoms with Crippen molar-refractivity contribution in [2.45, 2.75) is 12.8 Å². The van der Waals surface area contributed by atoms with E-state index in [-0.39, 0.29) is 5.56 Å². The van der Waals surface area contributed by atoms with E-state index in [9.17, 15) is 4.79 Å². The Morgan fingerprint density at radius 3 is 2.69 bits per heavy atom.